The monoisotopic (exact) mass is 393 g/mol. The highest BCUT2D eigenvalue weighted by atomic mass is 19.1. The minimum Gasteiger partial charge on any atom is -0.469 e. The molecule has 1 unspecified atom stereocenters. The lowest BCUT2D eigenvalue weighted by Crippen LogP contribution is -2.33. The summed E-state index contributed by atoms with van der Waals surface area (Å²) < 4.78 is 24.9. The Morgan fingerprint density at radius 3 is 2.82 bits per heavy atom. The fraction of sp³-hybridized carbons (Fsp3) is 0.600. The molecular weight excluding hydrogens is 369 g/mol. The number of aliphatic hydroxyl groups is 2. The van der Waals surface area contributed by atoms with Crippen LogP contribution in [-0.2, 0) is 20.7 Å². The Morgan fingerprint density at radius 2 is 2.11 bits per heavy atom. The van der Waals surface area contributed by atoms with Gasteiger partial charge in [0, 0.05) is 6.42 Å². The van der Waals surface area contributed by atoms with Crippen LogP contribution in [0.2, 0.25) is 0 Å². The maximum atomic E-state index is 14.9. The van der Waals surface area contributed by atoms with Crippen molar-refractivity contribution in [2.45, 2.75) is 68.8 Å². The number of carbonyl (C=O) groups is 2. The molecule has 152 valence electrons. The smallest absolute Gasteiger partial charge is 0.415 e. The highest BCUT2D eigenvalue weighted by molar-refractivity contribution is 5.93. The maximum absolute atomic E-state index is 14.9. The standard InChI is InChI=1S/C20H24FNO6/c1-27-19(25)5-4-18-15-7-11-6-12(10-2-3-16(23)17(24)8-10)13(21)9-14(11)22(15)20(26)28-18/h6,9-10,15-18,23-24H,2-5,7-8H2,1H3/t10?,15-,16+,17-,18-/m0/s1. The zero-order valence-corrected chi connectivity index (χ0v) is 15.6. The van der Waals surface area contributed by atoms with E-state index in [0.29, 0.717) is 43.4 Å². The van der Waals surface area contributed by atoms with E-state index >= 15 is 0 Å². The van der Waals surface area contributed by atoms with Crippen LogP contribution in [0.15, 0.2) is 12.1 Å². The van der Waals surface area contributed by atoms with Crippen LogP contribution in [0, 0.1) is 5.82 Å². The minimum absolute atomic E-state index is 0.150. The average Bonchev–Trinajstić information content (AvgIpc) is 3.18. The predicted molar refractivity (Wildman–Crippen MR) is 96.5 cm³/mol. The summed E-state index contributed by atoms with van der Waals surface area (Å²) in [5, 5.41) is 19.6. The summed E-state index contributed by atoms with van der Waals surface area (Å²) in [6.07, 6.45) is -0.210. The number of hydrogen-bond donors (Lipinski definition) is 2. The number of nitrogens with zero attached hydrogens (tertiary/aromatic N) is 1. The van der Waals surface area contributed by atoms with Gasteiger partial charge >= 0.3 is 12.1 Å². The van der Waals surface area contributed by atoms with E-state index in [1.54, 1.807) is 6.07 Å². The number of ether oxygens (including phenoxy) is 2. The van der Waals surface area contributed by atoms with E-state index in [-0.39, 0.29) is 24.3 Å². The van der Waals surface area contributed by atoms with Gasteiger partial charge in [-0.05, 0) is 55.2 Å². The minimum atomic E-state index is -0.854. The molecule has 1 aromatic carbocycles. The molecule has 4 rings (SSSR count). The zero-order valence-electron chi connectivity index (χ0n) is 15.6. The molecule has 5 atom stereocenters. The van der Waals surface area contributed by atoms with Crippen molar-refractivity contribution in [2.24, 2.45) is 0 Å². The first kappa shape index (κ1) is 19.1. The first-order chi connectivity index (χ1) is 13.4. The molecule has 0 bridgehead atoms. The molecule has 2 heterocycles. The van der Waals surface area contributed by atoms with Crippen molar-refractivity contribution in [1.82, 2.24) is 0 Å². The van der Waals surface area contributed by atoms with Crippen molar-refractivity contribution in [3.8, 4) is 0 Å². The Bertz CT molecular complexity index is 799. The molecule has 1 saturated heterocycles. The van der Waals surface area contributed by atoms with Gasteiger partial charge in [-0.3, -0.25) is 9.69 Å². The van der Waals surface area contributed by atoms with E-state index in [1.807, 2.05) is 0 Å². The van der Waals surface area contributed by atoms with Gasteiger partial charge in [-0.1, -0.05) is 6.07 Å². The van der Waals surface area contributed by atoms with E-state index in [9.17, 15) is 24.2 Å². The van der Waals surface area contributed by atoms with Crippen LogP contribution in [-0.4, -0.2) is 53.7 Å². The lowest BCUT2D eigenvalue weighted by molar-refractivity contribution is -0.141. The van der Waals surface area contributed by atoms with Gasteiger partial charge in [-0.15, -0.1) is 0 Å². The van der Waals surface area contributed by atoms with Crippen molar-refractivity contribution in [3.63, 3.8) is 0 Å². The summed E-state index contributed by atoms with van der Waals surface area (Å²) in [6.45, 7) is 0. The second kappa shape index (κ2) is 7.33. The van der Waals surface area contributed by atoms with Crippen LogP contribution in [0.5, 0.6) is 0 Å². The Hall–Kier alpha value is -2.19. The highest BCUT2D eigenvalue weighted by Crippen LogP contribution is 2.43. The van der Waals surface area contributed by atoms with Crippen LogP contribution >= 0.6 is 0 Å². The molecule has 28 heavy (non-hydrogen) atoms. The van der Waals surface area contributed by atoms with Gasteiger partial charge in [-0.2, -0.15) is 0 Å². The summed E-state index contributed by atoms with van der Waals surface area (Å²) in [4.78, 5) is 25.2. The van der Waals surface area contributed by atoms with Crippen LogP contribution in [0.1, 0.15) is 49.1 Å². The number of esters is 1. The highest BCUT2D eigenvalue weighted by Gasteiger charge is 2.48. The van der Waals surface area contributed by atoms with Gasteiger partial charge in [0.15, 0.2) is 0 Å². The number of carbonyl (C=O) groups excluding carboxylic acids is 2. The van der Waals surface area contributed by atoms with E-state index in [0.717, 1.165) is 5.56 Å². The molecule has 3 aliphatic rings. The van der Waals surface area contributed by atoms with Crippen molar-refractivity contribution in [2.75, 3.05) is 12.0 Å². The number of hydrogen-bond acceptors (Lipinski definition) is 6. The SMILES string of the molecule is COC(=O)CC[C@@H]1OC(=O)N2c3cc(F)c(C4CC[C@@H](O)[C@@H](O)C4)cc3C[C@@H]12. The molecule has 2 aliphatic heterocycles. The lowest BCUT2D eigenvalue weighted by Gasteiger charge is -2.30. The Balaban J connectivity index is 1.55. The number of halogens is 1. The van der Waals surface area contributed by atoms with Crippen molar-refractivity contribution in [1.29, 1.82) is 0 Å². The van der Waals surface area contributed by atoms with Crippen molar-refractivity contribution in [3.05, 3.63) is 29.1 Å². The van der Waals surface area contributed by atoms with Gasteiger partial charge in [0.05, 0.1) is 31.0 Å². The summed E-state index contributed by atoms with van der Waals surface area (Å²) in [5.74, 6) is -0.948. The second-order valence-corrected chi connectivity index (χ2v) is 7.83. The summed E-state index contributed by atoms with van der Waals surface area (Å²) in [7, 11) is 1.31. The predicted octanol–water partition coefficient (Wildman–Crippen LogP) is 2.02. The Kier molecular flexibility index (Phi) is 5.01. The van der Waals surface area contributed by atoms with Crippen LogP contribution in [0.3, 0.4) is 0 Å². The second-order valence-electron chi connectivity index (χ2n) is 7.83. The number of fused-ring (bicyclic) bond motifs is 3. The molecule has 0 spiro atoms. The first-order valence-electron chi connectivity index (χ1n) is 9.64. The molecular formula is C20H24FNO6. The van der Waals surface area contributed by atoms with Crippen molar-refractivity contribution < 1.29 is 33.7 Å². The van der Waals surface area contributed by atoms with Crippen LogP contribution in [0.4, 0.5) is 14.9 Å². The molecule has 1 amide bonds. The zero-order chi connectivity index (χ0) is 20.0. The topological polar surface area (TPSA) is 96.3 Å². The number of cyclic esters (lactones) is 1. The molecule has 0 aromatic heterocycles. The third-order valence-electron chi connectivity index (χ3n) is 6.18. The number of methoxy groups -OCH3 is 1. The summed E-state index contributed by atoms with van der Waals surface area (Å²) in [5.41, 5.74) is 1.89. The molecule has 1 aliphatic carbocycles. The van der Waals surface area contributed by atoms with Crippen molar-refractivity contribution >= 4 is 17.7 Å². The third-order valence-corrected chi connectivity index (χ3v) is 6.18. The number of rotatable bonds is 4. The van der Waals surface area contributed by atoms with Gasteiger partial charge in [0.2, 0.25) is 0 Å². The largest absolute Gasteiger partial charge is 0.469 e. The quantitative estimate of drug-likeness (QED) is 0.760. The third kappa shape index (κ3) is 3.24. The van der Waals surface area contributed by atoms with E-state index < -0.39 is 30.2 Å². The normalized spacial score (nSPS) is 31.4. The molecule has 0 radical (unpaired) electrons. The Morgan fingerprint density at radius 1 is 1.32 bits per heavy atom. The summed E-state index contributed by atoms with van der Waals surface area (Å²) >= 11 is 0. The molecule has 7 nitrogen and oxygen atoms in total. The maximum Gasteiger partial charge on any atom is 0.415 e. The fourth-order valence-corrected chi connectivity index (χ4v) is 4.65. The summed E-state index contributed by atoms with van der Waals surface area (Å²) in [6, 6.07) is 2.88. The molecule has 1 saturated carbocycles. The molecule has 1 aromatic rings. The van der Waals surface area contributed by atoms with E-state index in [4.69, 9.17) is 4.74 Å². The van der Waals surface area contributed by atoms with E-state index in [2.05, 4.69) is 4.74 Å². The number of aliphatic hydroxyl groups excluding tert-OH is 2. The molecule has 2 N–H and O–H groups in total. The van der Waals surface area contributed by atoms with Crippen LogP contribution in [0.25, 0.3) is 0 Å². The molecule has 2 fully saturated rings. The first-order valence-corrected chi connectivity index (χ1v) is 9.64. The average molecular weight is 393 g/mol. The number of amides is 1. The fourth-order valence-electron chi connectivity index (χ4n) is 4.65. The Labute approximate surface area is 162 Å². The van der Waals surface area contributed by atoms with Gasteiger partial charge in [0.1, 0.15) is 11.9 Å². The van der Waals surface area contributed by atoms with Gasteiger partial charge < -0.3 is 19.7 Å². The number of anilines is 1. The van der Waals surface area contributed by atoms with E-state index in [1.165, 1.54) is 18.1 Å². The number of benzene rings is 1. The molecule has 8 heteroatoms. The van der Waals surface area contributed by atoms with Crippen LogP contribution < -0.4 is 4.90 Å². The van der Waals surface area contributed by atoms with Gasteiger partial charge in [0.25, 0.3) is 0 Å². The van der Waals surface area contributed by atoms with Gasteiger partial charge in [-0.25, -0.2) is 9.18 Å². The lowest BCUT2D eigenvalue weighted by atomic mass is 9.80.